The molecule has 1 saturated carbocycles. The van der Waals surface area contributed by atoms with Gasteiger partial charge in [-0.15, -0.1) is 11.3 Å². The zero-order chi connectivity index (χ0) is 15.8. The molecular formula is C13H14Cl2N2O3S. The summed E-state index contributed by atoms with van der Waals surface area (Å²) < 4.78 is 4.72. The molecule has 2 atom stereocenters. The molecule has 0 spiro atoms. The Morgan fingerprint density at radius 2 is 2.14 bits per heavy atom. The molecule has 0 bridgehead atoms. The molecule has 1 N–H and O–H groups in total. The molecule has 21 heavy (non-hydrogen) atoms. The molecule has 1 fully saturated rings. The maximum absolute atomic E-state index is 12.3. The maximum Gasteiger partial charge on any atom is 0.357 e. The second kappa shape index (κ2) is 5.94. The van der Waals surface area contributed by atoms with Crippen molar-refractivity contribution in [3.63, 3.8) is 0 Å². The van der Waals surface area contributed by atoms with Crippen LogP contribution in [0.2, 0.25) is 0 Å². The van der Waals surface area contributed by atoms with Crippen LogP contribution in [0.25, 0.3) is 0 Å². The number of methoxy groups -OCH3 is 1. The molecule has 1 amide bonds. The Kier molecular flexibility index (Phi) is 4.60. The lowest BCUT2D eigenvalue weighted by Crippen LogP contribution is -2.17. The summed E-state index contributed by atoms with van der Waals surface area (Å²) in [4.78, 5) is 27.6. The second-order valence-corrected chi connectivity index (χ2v) is 7.17. The van der Waals surface area contributed by atoms with Crippen LogP contribution in [0.15, 0.2) is 15.9 Å². The first-order valence-corrected chi connectivity index (χ1v) is 7.78. The number of anilines is 1. The number of amides is 1. The van der Waals surface area contributed by atoms with E-state index in [1.165, 1.54) is 23.8 Å². The summed E-state index contributed by atoms with van der Waals surface area (Å²) in [6.45, 7) is 3.94. The number of rotatable bonds is 4. The Hall–Kier alpha value is -1.11. The van der Waals surface area contributed by atoms with Gasteiger partial charge in [0.25, 0.3) is 0 Å². The second-order valence-electron chi connectivity index (χ2n) is 5.30. The van der Waals surface area contributed by atoms with Crippen molar-refractivity contribution >= 4 is 51.5 Å². The highest BCUT2D eigenvalue weighted by atomic mass is 35.5. The van der Waals surface area contributed by atoms with Crippen molar-refractivity contribution in [3.05, 3.63) is 21.6 Å². The minimum absolute atomic E-state index is 0.0115. The third-order valence-corrected chi connectivity index (χ3v) is 4.64. The zero-order valence-electron chi connectivity index (χ0n) is 11.6. The Morgan fingerprint density at radius 1 is 1.48 bits per heavy atom. The number of aromatic nitrogens is 1. The largest absolute Gasteiger partial charge is 0.464 e. The van der Waals surface area contributed by atoms with Crippen LogP contribution in [0, 0.1) is 17.3 Å². The molecule has 5 nitrogen and oxygen atoms in total. The summed E-state index contributed by atoms with van der Waals surface area (Å²) in [5.74, 6) is -0.937. The van der Waals surface area contributed by atoms with E-state index in [0.717, 1.165) is 0 Å². The number of esters is 1. The van der Waals surface area contributed by atoms with Crippen molar-refractivity contribution < 1.29 is 14.3 Å². The van der Waals surface area contributed by atoms with E-state index in [1.807, 2.05) is 13.8 Å². The first kappa shape index (κ1) is 16.3. The van der Waals surface area contributed by atoms with Crippen molar-refractivity contribution in [2.24, 2.45) is 17.3 Å². The number of hydrogen-bond acceptors (Lipinski definition) is 5. The van der Waals surface area contributed by atoms with Gasteiger partial charge in [-0.25, -0.2) is 9.78 Å². The topological polar surface area (TPSA) is 68.3 Å². The number of allylic oxidation sites excluding steroid dienone is 1. The molecule has 2 rings (SSSR count). The summed E-state index contributed by atoms with van der Waals surface area (Å²) in [5.41, 5.74) is -0.0326. The van der Waals surface area contributed by atoms with Crippen molar-refractivity contribution in [1.29, 1.82) is 0 Å². The van der Waals surface area contributed by atoms with Crippen LogP contribution in [0.4, 0.5) is 5.13 Å². The molecule has 0 aliphatic heterocycles. The number of nitrogens with one attached hydrogen (secondary N) is 1. The van der Waals surface area contributed by atoms with Gasteiger partial charge in [-0.05, 0) is 17.4 Å². The lowest BCUT2D eigenvalue weighted by atomic mass is 10.1. The molecule has 1 aliphatic rings. The van der Waals surface area contributed by atoms with Crippen LogP contribution >= 0.6 is 34.5 Å². The van der Waals surface area contributed by atoms with Crippen LogP contribution in [-0.2, 0) is 9.53 Å². The predicted molar refractivity (Wildman–Crippen MR) is 82.6 cm³/mol. The number of nitrogens with zero attached hydrogens (tertiary/aromatic N) is 1. The molecule has 114 valence electrons. The number of hydrogen-bond donors (Lipinski definition) is 1. The van der Waals surface area contributed by atoms with E-state index < -0.39 is 5.97 Å². The Balaban J connectivity index is 2.04. The average molecular weight is 349 g/mol. The number of carbonyl (C=O) groups is 2. The minimum Gasteiger partial charge on any atom is -0.464 e. The van der Waals surface area contributed by atoms with Gasteiger partial charge in [-0.3, -0.25) is 4.79 Å². The predicted octanol–water partition coefficient (Wildman–Crippen LogP) is 3.46. The van der Waals surface area contributed by atoms with Crippen molar-refractivity contribution in [2.75, 3.05) is 12.4 Å². The summed E-state index contributed by atoms with van der Waals surface area (Å²) in [6, 6.07) is 0. The van der Waals surface area contributed by atoms with Crippen LogP contribution in [0.3, 0.4) is 0 Å². The van der Waals surface area contributed by atoms with Crippen LogP contribution < -0.4 is 5.32 Å². The van der Waals surface area contributed by atoms with Crippen LogP contribution in [0.1, 0.15) is 24.3 Å². The van der Waals surface area contributed by atoms with Gasteiger partial charge in [0.05, 0.1) is 13.0 Å². The van der Waals surface area contributed by atoms with Gasteiger partial charge in [0.2, 0.25) is 5.91 Å². The molecule has 1 aliphatic carbocycles. The highest BCUT2D eigenvalue weighted by Gasteiger charge is 2.60. The van der Waals surface area contributed by atoms with Gasteiger partial charge in [0, 0.05) is 5.38 Å². The number of carbonyl (C=O) groups excluding carboxylic acids is 2. The molecule has 1 aromatic heterocycles. The summed E-state index contributed by atoms with van der Waals surface area (Å²) in [5, 5.41) is 4.61. The summed E-state index contributed by atoms with van der Waals surface area (Å²) >= 11 is 12.5. The standard InChI is InChI=1S/C13H14Cl2N2O3S/c1-13(2)6(4-8(14)15)9(13)10(18)17-12-16-7(5-21-12)11(19)20-3/h4-6,9H,1-3H3,(H,16,17,18). The average Bonchev–Trinajstić information content (AvgIpc) is 2.77. The smallest absolute Gasteiger partial charge is 0.357 e. The van der Waals surface area contributed by atoms with E-state index in [9.17, 15) is 9.59 Å². The monoisotopic (exact) mass is 348 g/mol. The fourth-order valence-corrected chi connectivity index (χ4v) is 3.29. The summed E-state index contributed by atoms with van der Waals surface area (Å²) in [6.07, 6.45) is 1.68. The number of thiazole rings is 1. The van der Waals surface area contributed by atoms with Gasteiger partial charge < -0.3 is 10.1 Å². The molecule has 0 aromatic carbocycles. The first-order chi connectivity index (χ1) is 9.77. The molecule has 0 saturated heterocycles. The molecular weight excluding hydrogens is 335 g/mol. The normalized spacial score (nSPS) is 22.3. The Labute approximate surface area is 136 Å². The first-order valence-electron chi connectivity index (χ1n) is 6.15. The summed E-state index contributed by atoms with van der Waals surface area (Å²) in [7, 11) is 1.28. The van der Waals surface area contributed by atoms with Crippen molar-refractivity contribution in [3.8, 4) is 0 Å². The van der Waals surface area contributed by atoms with E-state index in [1.54, 1.807) is 6.08 Å². The SMILES string of the molecule is COC(=O)c1csc(NC(=O)C2C(C=C(Cl)Cl)C2(C)C)n1. The quantitative estimate of drug-likeness (QED) is 0.846. The molecule has 1 heterocycles. The Morgan fingerprint density at radius 3 is 2.71 bits per heavy atom. The van der Waals surface area contributed by atoms with Gasteiger partial charge >= 0.3 is 5.97 Å². The third-order valence-electron chi connectivity index (χ3n) is 3.63. The molecule has 8 heteroatoms. The van der Waals surface area contributed by atoms with Crippen LogP contribution in [0.5, 0.6) is 0 Å². The van der Waals surface area contributed by atoms with Crippen molar-refractivity contribution in [1.82, 2.24) is 4.98 Å². The lowest BCUT2D eigenvalue weighted by Gasteiger charge is -2.02. The molecule has 1 aromatic rings. The van der Waals surface area contributed by atoms with Gasteiger partial charge in [0.1, 0.15) is 4.49 Å². The third kappa shape index (κ3) is 3.39. The highest BCUT2D eigenvalue weighted by Crippen LogP contribution is 2.60. The molecule has 0 radical (unpaired) electrons. The highest BCUT2D eigenvalue weighted by molar-refractivity contribution is 7.14. The Bertz CT molecular complexity index is 608. The molecule has 2 unspecified atom stereocenters. The van der Waals surface area contributed by atoms with E-state index in [0.29, 0.717) is 5.13 Å². The number of halogens is 2. The maximum atomic E-state index is 12.3. The van der Waals surface area contributed by atoms with E-state index in [4.69, 9.17) is 23.2 Å². The van der Waals surface area contributed by atoms with Gasteiger partial charge in [-0.2, -0.15) is 0 Å². The van der Waals surface area contributed by atoms with E-state index in [2.05, 4.69) is 15.0 Å². The minimum atomic E-state index is -0.534. The van der Waals surface area contributed by atoms with Gasteiger partial charge in [0.15, 0.2) is 10.8 Å². The fourth-order valence-electron chi connectivity index (χ4n) is 2.34. The fraction of sp³-hybridized carbons (Fsp3) is 0.462. The zero-order valence-corrected chi connectivity index (χ0v) is 14.0. The van der Waals surface area contributed by atoms with E-state index >= 15 is 0 Å². The number of ether oxygens (including phenoxy) is 1. The van der Waals surface area contributed by atoms with Crippen LogP contribution in [-0.4, -0.2) is 24.0 Å². The van der Waals surface area contributed by atoms with Crippen molar-refractivity contribution in [2.45, 2.75) is 13.8 Å². The lowest BCUT2D eigenvalue weighted by molar-refractivity contribution is -0.118. The van der Waals surface area contributed by atoms with E-state index in [-0.39, 0.29) is 33.3 Å². The van der Waals surface area contributed by atoms with Gasteiger partial charge in [-0.1, -0.05) is 37.0 Å².